The molecule has 0 aromatic carbocycles. The van der Waals surface area contributed by atoms with Crippen molar-refractivity contribution in [2.24, 2.45) is 10.9 Å². The molecule has 0 saturated heterocycles. The largest absolute Gasteiger partial charge is 0.293 e. The van der Waals surface area contributed by atoms with Crippen LogP contribution in [0, 0.1) is 5.92 Å². The van der Waals surface area contributed by atoms with Crippen molar-refractivity contribution in [1.82, 2.24) is 0 Å². The SMILES string of the molecule is C1=NCC(C2CCC2)=CC1. The maximum absolute atomic E-state index is 4.27. The van der Waals surface area contributed by atoms with E-state index in [0.29, 0.717) is 0 Å². The number of hydrogen-bond acceptors (Lipinski definition) is 1. The number of hydrogen-bond donors (Lipinski definition) is 0. The Labute approximate surface area is 61.9 Å². The van der Waals surface area contributed by atoms with Crippen LogP contribution in [0.15, 0.2) is 16.6 Å². The zero-order valence-corrected chi connectivity index (χ0v) is 6.21. The Morgan fingerprint density at radius 1 is 1.40 bits per heavy atom. The predicted octanol–water partition coefficient (Wildman–Crippen LogP) is 2.19. The quantitative estimate of drug-likeness (QED) is 0.489. The number of dihydropyridines is 1. The van der Waals surface area contributed by atoms with Crippen molar-refractivity contribution < 1.29 is 0 Å². The molecule has 0 unspecified atom stereocenters. The molecule has 0 radical (unpaired) electrons. The zero-order valence-electron chi connectivity index (χ0n) is 6.21. The van der Waals surface area contributed by atoms with Gasteiger partial charge in [-0.1, -0.05) is 12.5 Å². The van der Waals surface area contributed by atoms with Gasteiger partial charge in [-0.2, -0.15) is 0 Å². The first-order valence-electron chi connectivity index (χ1n) is 4.14. The lowest BCUT2D eigenvalue weighted by Crippen LogP contribution is -2.16. The number of allylic oxidation sites excluding steroid dienone is 1. The monoisotopic (exact) mass is 135 g/mol. The number of nitrogens with zero attached hydrogens (tertiary/aromatic N) is 1. The van der Waals surface area contributed by atoms with Crippen molar-refractivity contribution in [2.45, 2.75) is 25.7 Å². The molecule has 1 heteroatoms. The summed E-state index contributed by atoms with van der Waals surface area (Å²) in [4.78, 5) is 4.27. The average Bonchev–Trinajstić information content (AvgIpc) is 1.86. The summed E-state index contributed by atoms with van der Waals surface area (Å²) in [6.45, 7) is 0.991. The van der Waals surface area contributed by atoms with Crippen LogP contribution in [-0.2, 0) is 0 Å². The molecule has 1 fully saturated rings. The van der Waals surface area contributed by atoms with E-state index in [1.165, 1.54) is 19.3 Å². The molecule has 0 amide bonds. The minimum atomic E-state index is 0.914. The fourth-order valence-corrected chi connectivity index (χ4v) is 1.59. The summed E-state index contributed by atoms with van der Waals surface area (Å²) in [5, 5.41) is 0. The Kier molecular flexibility index (Phi) is 1.58. The molecule has 1 heterocycles. The van der Waals surface area contributed by atoms with Crippen molar-refractivity contribution in [3.8, 4) is 0 Å². The summed E-state index contributed by atoms with van der Waals surface area (Å²) in [5.74, 6) is 0.914. The second kappa shape index (κ2) is 2.57. The molecule has 0 spiro atoms. The first-order chi connectivity index (χ1) is 4.97. The molecular weight excluding hydrogens is 122 g/mol. The molecule has 0 atom stereocenters. The minimum Gasteiger partial charge on any atom is -0.293 e. The second-order valence-electron chi connectivity index (χ2n) is 3.17. The molecular formula is C9H13N. The van der Waals surface area contributed by atoms with E-state index in [4.69, 9.17) is 0 Å². The molecule has 0 aromatic heterocycles. The van der Waals surface area contributed by atoms with Crippen molar-refractivity contribution in [3.63, 3.8) is 0 Å². The molecule has 54 valence electrons. The summed E-state index contributed by atoms with van der Waals surface area (Å²) in [6, 6.07) is 0. The van der Waals surface area contributed by atoms with Crippen molar-refractivity contribution in [2.75, 3.05) is 6.54 Å². The normalized spacial score (nSPS) is 25.8. The zero-order chi connectivity index (χ0) is 6.81. The van der Waals surface area contributed by atoms with Gasteiger partial charge in [0, 0.05) is 12.6 Å². The third kappa shape index (κ3) is 1.00. The Hall–Kier alpha value is -0.590. The Morgan fingerprint density at radius 3 is 2.80 bits per heavy atom. The fraction of sp³-hybridized carbons (Fsp3) is 0.667. The van der Waals surface area contributed by atoms with Gasteiger partial charge in [-0.25, -0.2) is 0 Å². The van der Waals surface area contributed by atoms with Gasteiger partial charge in [0.05, 0.1) is 6.54 Å². The van der Waals surface area contributed by atoms with Gasteiger partial charge >= 0.3 is 0 Å². The molecule has 1 saturated carbocycles. The first-order valence-corrected chi connectivity index (χ1v) is 4.14. The molecule has 2 aliphatic rings. The molecule has 0 bridgehead atoms. The summed E-state index contributed by atoms with van der Waals surface area (Å²) < 4.78 is 0. The fourth-order valence-electron chi connectivity index (χ4n) is 1.59. The van der Waals surface area contributed by atoms with E-state index in [-0.39, 0.29) is 0 Å². The molecule has 1 aliphatic heterocycles. The molecule has 10 heavy (non-hydrogen) atoms. The van der Waals surface area contributed by atoms with E-state index in [2.05, 4.69) is 11.1 Å². The third-order valence-corrected chi connectivity index (χ3v) is 2.52. The van der Waals surface area contributed by atoms with Crippen LogP contribution >= 0.6 is 0 Å². The highest BCUT2D eigenvalue weighted by Crippen LogP contribution is 2.33. The lowest BCUT2D eigenvalue weighted by atomic mass is 9.79. The van der Waals surface area contributed by atoms with E-state index in [1.54, 1.807) is 5.57 Å². The highest BCUT2D eigenvalue weighted by molar-refractivity contribution is 5.61. The van der Waals surface area contributed by atoms with Gasteiger partial charge in [0.1, 0.15) is 0 Å². The van der Waals surface area contributed by atoms with Crippen LogP contribution in [0.25, 0.3) is 0 Å². The summed E-state index contributed by atoms with van der Waals surface area (Å²) in [5.41, 5.74) is 1.61. The number of rotatable bonds is 1. The smallest absolute Gasteiger partial charge is 0.0598 e. The van der Waals surface area contributed by atoms with Crippen LogP contribution < -0.4 is 0 Å². The number of aliphatic imine (C=N–C) groups is 1. The topological polar surface area (TPSA) is 12.4 Å². The van der Waals surface area contributed by atoms with E-state index >= 15 is 0 Å². The van der Waals surface area contributed by atoms with Crippen LogP contribution in [0.3, 0.4) is 0 Å². The molecule has 0 aromatic rings. The van der Waals surface area contributed by atoms with Crippen LogP contribution in [0.1, 0.15) is 25.7 Å². The van der Waals surface area contributed by atoms with Crippen LogP contribution in [-0.4, -0.2) is 12.8 Å². The van der Waals surface area contributed by atoms with Gasteiger partial charge in [0.25, 0.3) is 0 Å². The second-order valence-corrected chi connectivity index (χ2v) is 3.17. The molecule has 2 rings (SSSR count). The summed E-state index contributed by atoms with van der Waals surface area (Å²) in [6.07, 6.45) is 9.72. The molecule has 1 nitrogen and oxygen atoms in total. The van der Waals surface area contributed by atoms with Crippen molar-refractivity contribution in [1.29, 1.82) is 0 Å². The van der Waals surface area contributed by atoms with Gasteiger partial charge in [0.15, 0.2) is 0 Å². The van der Waals surface area contributed by atoms with Gasteiger partial charge < -0.3 is 0 Å². The Balaban J connectivity index is 1.96. The maximum atomic E-state index is 4.27. The van der Waals surface area contributed by atoms with Crippen molar-refractivity contribution >= 4 is 6.21 Å². The standard InChI is InChI=1S/C9H13N/c1-3-8(4-1)9-5-2-6-10-7-9/h5-6,8H,1-4,7H2. The average molecular weight is 135 g/mol. The first kappa shape index (κ1) is 6.14. The van der Waals surface area contributed by atoms with Crippen LogP contribution in [0.2, 0.25) is 0 Å². The van der Waals surface area contributed by atoms with E-state index in [1.807, 2.05) is 6.21 Å². The van der Waals surface area contributed by atoms with Crippen LogP contribution in [0.5, 0.6) is 0 Å². The lowest BCUT2D eigenvalue weighted by Gasteiger charge is -2.28. The molecule has 0 N–H and O–H groups in total. The lowest BCUT2D eigenvalue weighted by molar-refractivity contribution is 0.363. The summed E-state index contributed by atoms with van der Waals surface area (Å²) >= 11 is 0. The molecule has 1 aliphatic carbocycles. The van der Waals surface area contributed by atoms with Gasteiger partial charge in [-0.3, -0.25) is 4.99 Å². The summed E-state index contributed by atoms with van der Waals surface area (Å²) in [7, 11) is 0. The maximum Gasteiger partial charge on any atom is 0.0598 e. The van der Waals surface area contributed by atoms with Crippen molar-refractivity contribution in [3.05, 3.63) is 11.6 Å². The third-order valence-electron chi connectivity index (χ3n) is 2.52. The Bertz CT molecular complexity index is 175. The van der Waals surface area contributed by atoms with Gasteiger partial charge in [-0.05, 0) is 24.3 Å². The van der Waals surface area contributed by atoms with E-state index in [9.17, 15) is 0 Å². The predicted molar refractivity (Wildman–Crippen MR) is 43.4 cm³/mol. The van der Waals surface area contributed by atoms with Gasteiger partial charge in [0.2, 0.25) is 0 Å². The Morgan fingerprint density at radius 2 is 2.30 bits per heavy atom. The van der Waals surface area contributed by atoms with E-state index < -0.39 is 0 Å². The van der Waals surface area contributed by atoms with E-state index in [0.717, 1.165) is 18.9 Å². The van der Waals surface area contributed by atoms with Crippen LogP contribution in [0.4, 0.5) is 0 Å². The highest BCUT2D eigenvalue weighted by atomic mass is 14.7. The highest BCUT2D eigenvalue weighted by Gasteiger charge is 2.21. The minimum absolute atomic E-state index is 0.914. The van der Waals surface area contributed by atoms with Gasteiger partial charge in [-0.15, -0.1) is 0 Å².